The van der Waals surface area contributed by atoms with E-state index in [0.29, 0.717) is 12.5 Å². The van der Waals surface area contributed by atoms with Gasteiger partial charge in [0.05, 0.1) is 12.1 Å². The Kier molecular flexibility index (Phi) is 2.81. The summed E-state index contributed by atoms with van der Waals surface area (Å²) in [4.78, 5) is 13.9. The van der Waals surface area contributed by atoms with Crippen LogP contribution < -0.4 is 5.32 Å². The highest BCUT2D eigenvalue weighted by Crippen LogP contribution is 2.41. The molecule has 1 amide bonds. The predicted octanol–water partition coefficient (Wildman–Crippen LogP) is 1.48. The van der Waals surface area contributed by atoms with Gasteiger partial charge >= 0.3 is 0 Å². The first-order valence-corrected chi connectivity index (χ1v) is 6.35. The Morgan fingerprint density at radius 3 is 2.82 bits per heavy atom. The van der Waals surface area contributed by atoms with Crippen LogP contribution in [0.2, 0.25) is 0 Å². The first-order valence-electron chi connectivity index (χ1n) is 6.35. The van der Waals surface area contributed by atoms with Crippen molar-refractivity contribution in [1.29, 1.82) is 5.26 Å². The van der Waals surface area contributed by atoms with Gasteiger partial charge in [-0.25, -0.2) is 0 Å². The van der Waals surface area contributed by atoms with Crippen LogP contribution in [-0.2, 0) is 4.79 Å². The summed E-state index contributed by atoms with van der Waals surface area (Å²) in [6.07, 6.45) is 5.51. The fraction of sp³-hybridized carbons (Fsp3) is 0.846. The Balaban J connectivity index is 2.13. The van der Waals surface area contributed by atoms with Crippen molar-refractivity contribution in [1.82, 2.24) is 10.2 Å². The van der Waals surface area contributed by atoms with Gasteiger partial charge in [0, 0.05) is 17.9 Å². The highest BCUT2D eigenvalue weighted by Gasteiger charge is 2.51. The Labute approximate surface area is 103 Å². The van der Waals surface area contributed by atoms with Gasteiger partial charge in [-0.1, -0.05) is 27.2 Å². The smallest absolute Gasteiger partial charge is 0.225 e. The maximum Gasteiger partial charge on any atom is 0.225 e. The number of likely N-dealkylation sites (tertiary alicyclic amines) is 1. The minimum atomic E-state index is -0.359. The standard InChI is InChI=1S/C13H21N3O/c1-12(2,3)11(17)15-13-6-4-5-10(13)7-16(8-13)9-14/h10H,4-8H2,1-3H3,(H,15,17). The number of nitrogens with one attached hydrogen (secondary N) is 1. The fourth-order valence-corrected chi connectivity index (χ4v) is 2.98. The van der Waals surface area contributed by atoms with Gasteiger partial charge in [0.15, 0.2) is 6.19 Å². The zero-order valence-electron chi connectivity index (χ0n) is 10.9. The van der Waals surface area contributed by atoms with E-state index in [1.807, 2.05) is 20.8 Å². The minimum Gasteiger partial charge on any atom is -0.348 e. The van der Waals surface area contributed by atoms with Crippen LogP contribution in [0.4, 0.5) is 0 Å². The van der Waals surface area contributed by atoms with Crippen LogP contribution >= 0.6 is 0 Å². The van der Waals surface area contributed by atoms with E-state index >= 15 is 0 Å². The first-order chi connectivity index (χ1) is 7.87. The van der Waals surface area contributed by atoms with Crippen LogP contribution in [0.25, 0.3) is 0 Å². The molecule has 1 aliphatic carbocycles. The van der Waals surface area contributed by atoms with E-state index in [-0.39, 0.29) is 16.9 Å². The summed E-state index contributed by atoms with van der Waals surface area (Å²) in [5.74, 6) is 0.553. The minimum absolute atomic E-state index is 0.101. The van der Waals surface area contributed by atoms with Crippen LogP contribution in [0.5, 0.6) is 0 Å². The van der Waals surface area contributed by atoms with Crippen LogP contribution in [0, 0.1) is 22.8 Å². The molecule has 2 unspecified atom stereocenters. The summed E-state index contributed by atoms with van der Waals surface area (Å²) in [5, 5.41) is 12.2. The molecule has 94 valence electrons. The van der Waals surface area contributed by atoms with E-state index in [9.17, 15) is 4.79 Å². The van der Waals surface area contributed by atoms with Crippen molar-refractivity contribution < 1.29 is 4.79 Å². The highest BCUT2D eigenvalue weighted by atomic mass is 16.2. The molecule has 0 bridgehead atoms. The third-order valence-corrected chi connectivity index (χ3v) is 4.06. The van der Waals surface area contributed by atoms with Crippen LogP contribution in [0.1, 0.15) is 40.0 Å². The van der Waals surface area contributed by atoms with Gasteiger partial charge in [-0.3, -0.25) is 4.79 Å². The lowest BCUT2D eigenvalue weighted by molar-refractivity contribution is -0.130. The fourth-order valence-electron chi connectivity index (χ4n) is 2.98. The van der Waals surface area contributed by atoms with Crippen LogP contribution in [0.3, 0.4) is 0 Å². The van der Waals surface area contributed by atoms with Crippen molar-refractivity contribution in [2.45, 2.75) is 45.6 Å². The lowest BCUT2D eigenvalue weighted by Crippen LogP contribution is -2.54. The molecule has 1 saturated carbocycles. The van der Waals surface area contributed by atoms with Crippen molar-refractivity contribution in [2.24, 2.45) is 11.3 Å². The van der Waals surface area contributed by atoms with Crippen molar-refractivity contribution in [2.75, 3.05) is 13.1 Å². The molecule has 0 aromatic carbocycles. The highest BCUT2D eigenvalue weighted by molar-refractivity contribution is 5.82. The molecule has 1 heterocycles. The Hall–Kier alpha value is -1.24. The SMILES string of the molecule is CC(C)(C)C(=O)NC12CCCC1CN(C#N)C2. The summed E-state index contributed by atoms with van der Waals surface area (Å²) >= 11 is 0. The molecule has 0 aromatic heterocycles. The Morgan fingerprint density at radius 1 is 1.53 bits per heavy atom. The second-order valence-corrected chi connectivity index (χ2v) is 6.43. The third-order valence-electron chi connectivity index (χ3n) is 4.06. The van der Waals surface area contributed by atoms with E-state index in [2.05, 4.69) is 11.5 Å². The lowest BCUT2D eigenvalue weighted by Gasteiger charge is -2.33. The average molecular weight is 235 g/mol. The van der Waals surface area contributed by atoms with Gasteiger partial charge in [-0.2, -0.15) is 5.26 Å². The summed E-state index contributed by atoms with van der Waals surface area (Å²) in [6.45, 7) is 7.29. The zero-order chi connectivity index (χ0) is 12.7. The normalized spacial score (nSPS) is 32.1. The van der Waals surface area contributed by atoms with Gasteiger partial charge in [0.2, 0.25) is 5.91 Å². The molecule has 1 aliphatic heterocycles. The third kappa shape index (κ3) is 2.11. The number of amides is 1. The molecule has 2 fully saturated rings. The van der Waals surface area contributed by atoms with Gasteiger partial charge in [-0.15, -0.1) is 0 Å². The topological polar surface area (TPSA) is 56.1 Å². The second-order valence-electron chi connectivity index (χ2n) is 6.43. The lowest BCUT2D eigenvalue weighted by atomic mass is 9.87. The molecule has 2 atom stereocenters. The molecular weight excluding hydrogens is 214 g/mol. The number of nitrogens with zero attached hydrogens (tertiary/aromatic N) is 2. The largest absolute Gasteiger partial charge is 0.348 e. The number of fused-ring (bicyclic) bond motifs is 1. The predicted molar refractivity (Wildman–Crippen MR) is 64.9 cm³/mol. The number of rotatable bonds is 1. The molecule has 0 aromatic rings. The molecule has 2 aliphatic rings. The van der Waals surface area contributed by atoms with Crippen LogP contribution in [0.15, 0.2) is 0 Å². The molecular formula is C13H21N3O. The maximum absolute atomic E-state index is 12.1. The zero-order valence-corrected chi connectivity index (χ0v) is 10.9. The van der Waals surface area contributed by atoms with E-state index in [4.69, 9.17) is 5.26 Å². The molecule has 4 nitrogen and oxygen atoms in total. The number of hydrogen-bond donors (Lipinski definition) is 1. The van der Waals surface area contributed by atoms with E-state index in [1.54, 1.807) is 4.90 Å². The van der Waals surface area contributed by atoms with Gasteiger partial charge in [-0.05, 0) is 12.8 Å². The van der Waals surface area contributed by atoms with Gasteiger partial charge in [0.1, 0.15) is 0 Å². The maximum atomic E-state index is 12.1. The number of carbonyl (C=O) groups excluding carboxylic acids is 1. The molecule has 1 saturated heterocycles. The Morgan fingerprint density at radius 2 is 2.24 bits per heavy atom. The number of carbonyl (C=O) groups is 1. The number of hydrogen-bond acceptors (Lipinski definition) is 3. The van der Waals surface area contributed by atoms with Gasteiger partial charge in [0.25, 0.3) is 0 Å². The van der Waals surface area contributed by atoms with E-state index < -0.39 is 0 Å². The van der Waals surface area contributed by atoms with E-state index in [1.165, 1.54) is 0 Å². The summed E-state index contributed by atoms with van der Waals surface area (Å²) in [6, 6.07) is 0. The van der Waals surface area contributed by atoms with Gasteiger partial charge < -0.3 is 10.2 Å². The summed E-state index contributed by atoms with van der Waals surface area (Å²) in [7, 11) is 0. The quantitative estimate of drug-likeness (QED) is 0.700. The van der Waals surface area contributed by atoms with Crippen molar-refractivity contribution >= 4 is 5.91 Å². The molecule has 4 heteroatoms. The molecule has 2 rings (SSSR count). The average Bonchev–Trinajstić information content (AvgIpc) is 2.71. The van der Waals surface area contributed by atoms with Crippen LogP contribution in [-0.4, -0.2) is 29.4 Å². The molecule has 0 spiro atoms. The van der Waals surface area contributed by atoms with E-state index in [0.717, 1.165) is 25.8 Å². The summed E-state index contributed by atoms with van der Waals surface area (Å²) < 4.78 is 0. The van der Waals surface area contributed by atoms with Crippen molar-refractivity contribution in [3.05, 3.63) is 0 Å². The summed E-state index contributed by atoms with van der Waals surface area (Å²) in [5.41, 5.74) is -0.498. The monoisotopic (exact) mass is 235 g/mol. The molecule has 0 radical (unpaired) electrons. The van der Waals surface area contributed by atoms with Crippen molar-refractivity contribution in [3.63, 3.8) is 0 Å². The Bertz CT molecular complexity index is 366. The molecule has 17 heavy (non-hydrogen) atoms. The second kappa shape index (κ2) is 3.90. The van der Waals surface area contributed by atoms with Crippen molar-refractivity contribution in [3.8, 4) is 6.19 Å². The molecule has 1 N–H and O–H groups in total. The number of nitriles is 1. The first kappa shape index (κ1) is 12.2.